The van der Waals surface area contributed by atoms with Crippen LogP contribution in [0.1, 0.15) is 0 Å². The Bertz CT molecular complexity index is 167. The molecule has 9 heteroatoms. The third-order valence-electron chi connectivity index (χ3n) is 0.660. The van der Waals surface area contributed by atoms with E-state index in [9.17, 15) is 9.59 Å². The maximum atomic E-state index is 9.97. The van der Waals surface area contributed by atoms with Gasteiger partial charge in [0.2, 0.25) is 10.9 Å². The second kappa shape index (κ2) is 8.50. The van der Waals surface area contributed by atoms with Crippen LogP contribution in [-0.4, -0.2) is 43.2 Å². The van der Waals surface area contributed by atoms with E-state index >= 15 is 0 Å². The van der Waals surface area contributed by atoms with Crippen molar-refractivity contribution < 1.29 is 81.4 Å². The van der Waals surface area contributed by atoms with Gasteiger partial charge in [-0.25, -0.2) is 9.59 Å². The second-order valence-electron chi connectivity index (χ2n) is 1.57. The van der Waals surface area contributed by atoms with Gasteiger partial charge < -0.3 is 20.4 Å². The van der Waals surface area contributed by atoms with Gasteiger partial charge in [-0.1, -0.05) is 0 Å². The molecule has 0 bridgehead atoms. The number of carboxylic acid groups (broad SMARTS) is 2. The van der Waals surface area contributed by atoms with Crippen molar-refractivity contribution in [1.29, 1.82) is 0 Å². The number of carboxylic acids is 2. The van der Waals surface area contributed by atoms with Gasteiger partial charge in [-0.05, 0) is 21.6 Å². The van der Waals surface area contributed by atoms with Gasteiger partial charge in [0.1, 0.15) is 0 Å². The minimum atomic E-state index is -1.73. The van der Waals surface area contributed by atoms with Gasteiger partial charge >= 0.3 is 63.3 Å². The fourth-order valence-electron chi connectivity index (χ4n) is 0.188. The third kappa shape index (κ3) is 8.21. The molecular weight excluding hydrogens is 247 g/mol. The molecule has 6 nitrogen and oxygen atoms in total. The molecule has 2 unspecified atom stereocenters. The molecule has 13 heavy (non-hydrogen) atoms. The summed E-state index contributed by atoms with van der Waals surface area (Å²) in [5.41, 5.74) is -3.46. The Morgan fingerprint density at radius 1 is 0.923 bits per heavy atom. The van der Waals surface area contributed by atoms with Crippen LogP contribution in [-0.2, 0) is 9.59 Å². The van der Waals surface area contributed by atoms with Gasteiger partial charge in [0.25, 0.3) is 0 Å². The topological polar surface area (TPSA) is 115 Å². The van der Waals surface area contributed by atoms with Crippen LogP contribution >= 0.6 is 21.6 Å². The van der Waals surface area contributed by atoms with Crippen molar-refractivity contribution in [1.82, 2.24) is 0 Å². The van der Waals surface area contributed by atoms with Crippen molar-refractivity contribution in [2.75, 3.05) is 0 Å². The molecule has 0 aliphatic heterocycles. The van der Waals surface area contributed by atoms with Crippen LogP contribution in [0.5, 0.6) is 0 Å². The van der Waals surface area contributed by atoms with Crippen LogP contribution in [0.4, 0.5) is 0 Å². The first-order valence-corrected chi connectivity index (χ1v) is 4.86. The fourth-order valence-corrected chi connectivity index (χ4v) is 1.69. The predicted octanol–water partition coefficient (Wildman–Crippen LogP) is -3.82. The maximum Gasteiger partial charge on any atom is 1.00 e. The molecule has 70 valence electrons. The zero-order chi connectivity index (χ0) is 9.72. The molecule has 4 N–H and O–H groups in total. The van der Waals surface area contributed by atoms with Crippen LogP contribution in [0.3, 0.4) is 0 Å². The summed E-state index contributed by atoms with van der Waals surface area (Å²) >= 11 is 0. The van der Waals surface area contributed by atoms with Crippen LogP contribution in [0, 0.1) is 0 Å². The predicted molar refractivity (Wildman–Crippen MR) is 42.5 cm³/mol. The van der Waals surface area contributed by atoms with Crippen molar-refractivity contribution in [2.24, 2.45) is 0 Å². The Kier molecular flexibility index (Phi) is 10.9. The van der Waals surface area contributed by atoms with Gasteiger partial charge in [-0.3, -0.25) is 0 Å². The van der Waals surface area contributed by atoms with E-state index in [0.717, 1.165) is 0 Å². The van der Waals surface area contributed by atoms with Crippen LogP contribution in [0.15, 0.2) is 0 Å². The largest absolute Gasteiger partial charge is 1.00 e. The molecule has 0 aromatic heterocycles. The molecule has 0 rings (SSSR count). The van der Waals surface area contributed by atoms with E-state index in [-0.39, 0.29) is 51.4 Å². The van der Waals surface area contributed by atoms with Crippen LogP contribution < -0.4 is 51.4 Å². The smallest absolute Gasteiger partial charge is 0.479 e. The van der Waals surface area contributed by atoms with Gasteiger partial charge in [0.15, 0.2) is 0 Å². The number of rotatable bonds is 5. The number of aliphatic hydroxyl groups excluding tert-OH is 2. The molecule has 0 aliphatic rings. The maximum absolute atomic E-state index is 9.97. The molecule has 0 aliphatic carbocycles. The van der Waals surface area contributed by atoms with Crippen LogP contribution in [0.2, 0.25) is 0 Å². The first-order valence-electron chi connectivity index (χ1n) is 2.59. The van der Waals surface area contributed by atoms with E-state index in [2.05, 4.69) is 0 Å². The molecule has 0 radical (unpaired) electrons. The molecule has 0 saturated heterocycles. The minimum Gasteiger partial charge on any atom is -0.479 e. The SMILES string of the molecule is O=C(O)C(O)SSC(O)C(=O)O.[K+]. The molecule has 2 atom stereocenters. The van der Waals surface area contributed by atoms with E-state index in [0.29, 0.717) is 21.6 Å². The Labute approximate surface area is 124 Å². The van der Waals surface area contributed by atoms with Gasteiger partial charge in [-0.15, -0.1) is 0 Å². The molecular formula is C4H6KO6S2+. The monoisotopic (exact) mass is 253 g/mol. The average molecular weight is 253 g/mol. The number of hydrogen-bond acceptors (Lipinski definition) is 6. The molecule has 0 saturated carbocycles. The fraction of sp³-hybridized carbons (Fsp3) is 0.500. The van der Waals surface area contributed by atoms with Crippen molar-refractivity contribution in [2.45, 2.75) is 10.9 Å². The summed E-state index contributed by atoms with van der Waals surface area (Å²) in [6.07, 6.45) is 0. The third-order valence-corrected chi connectivity index (χ3v) is 2.97. The quantitative estimate of drug-likeness (QED) is 0.224. The minimum absolute atomic E-state index is 0. The molecule has 0 fully saturated rings. The normalized spacial score (nSPS) is 14.0. The molecule has 0 amide bonds. The van der Waals surface area contributed by atoms with E-state index < -0.39 is 22.8 Å². The van der Waals surface area contributed by atoms with E-state index in [1.165, 1.54) is 0 Å². The summed E-state index contributed by atoms with van der Waals surface area (Å²) in [5, 5.41) is 33.4. The van der Waals surface area contributed by atoms with E-state index in [1.807, 2.05) is 0 Å². The zero-order valence-electron chi connectivity index (χ0n) is 6.58. The van der Waals surface area contributed by atoms with Crippen molar-refractivity contribution >= 4 is 33.5 Å². The van der Waals surface area contributed by atoms with E-state index in [4.69, 9.17) is 20.4 Å². The summed E-state index contributed by atoms with van der Waals surface area (Å²) < 4.78 is 0. The number of carbonyl (C=O) groups is 2. The second-order valence-corrected chi connectivity index (χ2v) is 4.01. The standard InChI is InChI=1S/C4H6O6S2.K/c5-1(6)3(9)11-12-4(10)2(7)8;/h3-4,9-10H,(H,5,6)(H,7,8);/q;+1. The molecule has 0 aromatic rings. The number of aliphatic hydroxyl groups is 2. The Hall–Kier alpha value is 1.20. The molecule has 0 aromatic carbocycles. The van der Waals surface area contributed by atoms with Crippen LogP contribution in [0.25, 0.3) is 0 Å². The van der Waals surface area contributed by atoms with Gasteiger partial charge in [0.05, 0.1) is 0 Å². The summed E-state index contributed by atoms with van der Waals surface area (Å²) in [6, 6.07) is 0. The summed E-state index contributed by atoms with van der Waals surface area (Å²) in [4.78, 5) is 19.9. The van der Waals surface area contributed by atoms with Crippen molar-refractivity contribution in [3.63, 3.8) is 0 Å². The Morgan fingerprint density at radius 2 is 1.15 bits per heavy atom. The Morgan fingerprint density at radius 3 is 1.31 bits per heavy atom. The van der Waals surface area contributed by atoms with Gasteiger partial charge in [0, 0.05) is 0 Å². The first kappa shape index (κ1) is 16.6. The van der Waals surface area contributed by atoms with Gasteiger partial charge in [-0.2, -0.15) is 0 Å². The molecule has 0 heterocycles. The zero-order valence-corrected chi connectivity index (χ0v) is 11.3. The summed E-state index contributed by atoms with van der Waals surface area (Å²) in [5.74, 6) is -2.96. The number of aliphatic carboxylic acids is 2. The van der Waals surface area contributed by atoms with E-state index in [1.54, 1.807) is 0 Å². The summed E-state index contributed by atoms with van der Waals surface area (Å²) in [6.45, 7) is 0. The average Bonchev–Trinajstić information content (AvgIpc) is 1.98. The first-order chi connectivity index (χ1) is 5.45. The number of hydrogen-bond donors (Lipinski definition) is 4. The summed E-state index contributed by atoms with van der Waals surface area (Å²) in [7, 11) is 0.726. The van der Waals surface area contributed by atoms with Crippen molar-refractivity contribution in [3.8, 4) is 0 Å². The molecule has 0 spiro atoms. The Balaban J connectivity index is 0. The van der Waals surface area contributed by atoms with Crippen molar-refractivity contribution in [3.05, 3.63) is 0 Å².